The number of hydrogen-bond donors (Lipinski definition) is 1. The van der Waals surface area contributed by atoms with E-state index < -0.39 is 0 Å². The van der Waals surface area contributed by atoms with Gasteiger partial charge in [-0.2, -0.15) is 5.10 Å². The van der Waals surface area contributed by atoms with Crippen molar-refractivity contribution in [1.82, 2.24) is 20.1 Å². The van der Waals surface area contributed by atoms with E-state index in [1.165, 1.54) is 0 Å². The van der Waals surface area contributed by atoms with Gasteiger partial charge in [0.2, 0.25) is 0 Å². The first-order chi connectivity index (χ1) is 10.7. The van der Waals surface area contributed by atoms with Crippen LogP contribution in [0.5, 0.6) is 0 Å². The van der Waals surface area contributed by atoms with E-state index in [2.05, 4.69) is 15.4 Å². The molecule has 0 fully saturated rings. The number of aromatic nitrogens is 3. The number of hydrogen-bond acceptors (Lipinski definition) is 3. The first-order valence-corrected chi connectivity index (χ1v) is 7.01. The molecule has 110 valence electrons. The molecule has 3 aromatic rings. The van der Waals surface area contributed by atoms with Gasteiger partial charge < -0.3 is 5.32 Å². The van der Waals surface area contributed by atoms with Crippen LogP contribution in [0.1, 0.15) is 16.2 Å². The van der Waals surface area contributed by atoms with Gasteiger partial charge in [0.1, 0.15) is 0 Å². The Morgan fingerprint density at radius 2 is 1.91 bits per heavy atom. The van der Waals surface area contributed by atoms with E-state index in [-0.39, 0.29) is 5.91 Å². The Labute approximate surface area is 128 Å². The highest BCUT2D eigenvalue weighted by Crippen LogP contribution is 2.19. The Balaban J connectivity index is 1.74. The minimum atomic E-state index is -0.205. The molecule has 22 heavy (non-hydrogen) atoms. The lowest BCUT2D eigenvalue weighted by Gasteiger charge is -2.01. The van der Waals surface area contributed by atoms with Crippen molar-refractivity contribution < 1.29 is 4.79 Å². The van der Waals surface area contributed by atoms with Crippen molar-refractivity contribution in [2.24, 2.45) is 7.05 Å². The molecule has 2 aromatic heterocycles. The van der Waals surface area contributed by atoms with E-state index >= 15 is 0 Å². The second kappa shape index (κ2) is 6.22. The number of benzene rings is 1. The molecule has 5 heteroatoms. The number of nitrogens with zero attached hydrogens (tertiary/aromatic N) is 3. The fourth-order valence-electron chi connectivity index (χ4n) is 2.22. The summed E-state index contributed by atoms with van der Waals surface area (Å²) >= 11 is 0. The zero-order chi connectivity index (χ0) is 15.4. The zero-order valence-electron chi connectivity index (χ0n) is 12.2. The summed E-state index contributed by atoms with van der Waals surface area (Å²) < 4.78 is 1.71. The summed E-state index contributed by atoms with van der Waals surface area (Å²) in [5.41, 5.74) is 3.15. The van der Waals surface area contributed by atoms with Gasteiger partial charge in [0.05, 0.1) is 17.9 Å². The molecule has 5 nitrogen and oxygen atoms in total. The van der Waals surface area contributed by atoms with E-state index in [1.807, 2.05) is 55.6 Å². The van der Waals surface area contributed by atoms with Gasteiger partial charge in [-0.3, -0.25) is 14.5 Å². The zero-order valence-corrected chi connectivity index (χ0v) is 12.2. The van der Waals surface area contributed by atoms with Gasteiger partial charge in [-0.15, -0.1) is 0 Å². The molecule has 0 atom stereocenters. The molecule has 0 saturated carbocycles. The van der Waals surface area contributed by atoms with Crippen LogP contribution in [0.15, 0.2) is 60.8 Å². The summed E-state index contributed by atoms with van der Waals surface area (Å²) in [6, 6.07) is 17.3. The van der Waals surface area contributed by atoms with Crippen LogP contribution in [-0.4, -0.2) is 20.7 Å². The maximum atomic E-state index is 12.2. The van der Waals surface area contributed by atoms with Crippen LogP contribution in [0.4, 0.5) is 0 Å². The standard InChI is InChI=1S/C17H16N4O/c1-21-16(13-7-3-2-4-8-13)11-15(20-21)17(22)19-12-14-9-5-6-10-18-14/h2-11H,12H2,1H3,(H,19,22). The molecule has 1 N–H and O–H groups in total. The van der Waals surface area contributed by atoms with Crippen LogP contribution < -0.4 is 5.32 Å². The molecule has 2 heterocycles. The van der Waals surface area contributed by atoms with Gasteiger partial charge >= 0.3 is 0 Å². The van der Waals surface area contributed by atoms with Crippen LogP contribution in [0, 0.1) is 0 Å². The lowest BCUT2D eigenvalue weighted by Crippen LogP contribution is -2.23. The minimum absolute atomic E-state index is 0.205. The minimum Gasteiger partial charge on any atom is -0.345 e. The van der Waals surface area contributed by atoms with E-state index in [4.69, 9.17) is 0 Å². The first-order valence-electron chi connectivity index (χ1n) is 7.01. The second-order valence-electron chi connectivity index (χ2n) is 4.91. The molecule has 0 aliphatic carbocycles. The highest BCUT2D eigenvalue weighted by atomic mass is 16.1. The van der Waals surface area contributed by atoms with Crippen molar-refractivity contribution in [3.05, 3.63) is 72.2 Å². The molecular weight excluding hydrogens is 276 g/mol. The Morgan fingerprint density at radius 1 is 1.14 bits per heavy atom. The van der Waals surface area contributed by atoms with Crippen LogP contribution in [-0.2, 0) is 13.6 Å². The quantitative estimate of drug-likeness (QED) is 0.803. The number of amides is 1. The number of nitrogens with one attached hydrogen (secondary N) is 1. The summed E-state index contributed by atoms with van der Waals surface area (Å²) in [5, 5.41) is 7.11. The molecule has 0 saturated heterocycles. The Kier molecular flexibility index (Phi) is 3.96. The third kappa shape index (κ3) is 3.03. The van der Waals surface area contributed by atoms with Crippen LogP contribution in [0.2, 0.25) is 0 Å². The SMILES string of the molecule is Cn1nc(C(=O)NCc2ccccn2)cc1-c1ccccc1. The molecule has 0 aliphatic rings. The molecule has 3 rings (SSSR count). The van der Waals surface area contributed by atoms with Crippen molar-refractivity contribution >= 4 is 5.91 Å². The maximum absolute atomic E-state index is 12.2. The Morgan fingerprint density at radius 3 is 2.64 bits per heavy atom. The summed E-state index contributed by atoms with van der Waals surface area (Å²) in [6.07, 6.45) is 1.70. The molecule has 0 spiro atoms. The average Bonchev–Trinajstić information content (AvgIpc) is 2.96. The molecule has 0 unspecified atom stereocenters. The van der Waals surface area contributed by atoms with Crippen molar-refractivity contribution in [1.29, 1.82) is 0 Å². The first kappa shape index (κ1) is 14.0. The molecule has 0 aliphatic heterocycles. The van der Waals surface area contributed by atoms with Gasteiger partial charge in [0.15, 0.2) is 5.69 Å². The molecule has 1 aromatic carbocycles. The lowest BCUT2D eigenvalue weighted by atomic mass is 10.1. The third-order valence-corrected chi connectivity index (χ3v) is 3.34. The average molecular weight is 292 g/mol. The summed E-state index contributed by atoms with van der Waals surface area (Å²) in [7, 11) is 1.83. The van der Waals surface area contributed by atoms with Crippen molar-refractivity contribution in [3.8, 4) is 11.3 Å². The highest BCUT2D eigenvalue weighted by molar-refractivity contribution is 5.93. The number of aryl methyl sites for hydroxylation is 1. The summed E-state index contributed by atoms with van der Waals surface area (Å²) in [6.45, 7) is 0.386. The maximum Gasteiger partial charge on any atom is 0.272 e. The van der Waals surface area contributed by atoms with Crippen molar-refractivity contribution in [2.45, 2.75) is 6.54 Å². The van der Waals surface area contributed by atoms with Gasteiger partial charge in [0, 0.05) is 13.2 Å². The Hall–Kier alpha value is -2.95. The van der Waals surface area contributed by atoms with E-state index in [0.29, 0.717) is 12.2 Å². The van der Waals surface area contributed by atoms with Gasteiger partial charge in [0.25, 0.3) is 5.91 Å². The number of carbonyl (C=O) groups excluding carboxylic acids is 1. The number of rotatable bonds is 4. The smallest absolute Gasteiger partial charge is 0.272 e. The van der Waals surface area contributed by atoms with Gasteiger partial charge in [-0.1, -0.05) is 36.4 Å². The lowest BCUT2D eigenvalue weighted by molar-refractivity contribution is 0.0944. The second-order valence-corrected chi connectivity index (χ2v) is 4.91. The van der Waals surface area contributed by atoms with Gasteiger partial charge in [-0.05, 0) is 23.8 Å². The molecule has 1 amide bonds. The fraction of sp³-hybridized carbons (Fsp3) is 0.118. The fourth-order valence-corrected chi connectivity index (χ4v) is 2.22. The molecular formula is C17H16N4O. The van der Waals surface area contributed by atoms with Gasteiger partial charge in [-0.25, -0.2) is 0 Å². The summed E-state index contributed by atoms with van der Waals surface area (Å²) in [4.78, 5) is 16.4. The Bertz CT molecular complexity index is 766. The van der Waals surface area contributed by atoms with E-state index in [1.54, 1.807) is 16.9 Å². The summed E-state index contributed by atoms with van der Waals surface area (Å²) in [5.74, 6) is -0.205. The van der Waals surface area contributed by atoms with E-state index in [9.17, 15) is 4.79 Å². The predicted molar refractivity (Wildman–Crippen MR) is 84.1 cm³/mol. The monoisotopic (exact) mass is 292 g/mol. The van der Waals surface area contributed by atoms with Crippen LogP contribution in [0.25, 0.3) is 11.3 Å². The van der Waals surface area contributed by atoms with Crippen LogP contribution >= 0.6 is 0 Å². The third-order valence-electron chi connectivity index (χ3n) is 3.34. The molecule has 0 radical (unpaired) electrons. The highest BCUT2D eigenvalue weighted by Gasteiger charge is 2.13. The van der Waals surface area contributed by atoms with E-state index in [0.717, 1.165) is 17.0 Å². The number of carbonyl (C=O) groups is 1. The number of pyridine rings is 1. The van der Waals surface area contributed by atoms with Crippen LogP contribution in [0.3, 0.4) is 0 Å². The van der Waals surface area contributed by atoms with Crippen molar-refractivity contribution in [3.63, 3.8) is 0 Å². The molecule has 0 bridgehead atoms. The topological polar surface area (TPSA) is 59.8 Å². The largest absolute Gasteiger partial charge is 0.345 e. The van der Waals surface area contributed by atoms with Crippen molar-refractivity contribution in [2.75, 3.05) is 0 Å². The normalized spacial score (nSPS) is 10.4. The predicted octanol–water partition coefficient (Wildman–Crippen LogP) is 2.41.